The normalized spacial score (nSPS) is 11.8. The van der Waals surface area contributed by atoms with E-state index in [1.807, 2.05) is 6.92 Å². The fourth-order valence-corrected chi connectivity index (χ4v) is 1.82. The molecule has 2 N–H and O–H groups in total. The summed E-state index contributed by atoms with van der Waals surface area (Å²) in [5.41, 5.74) is 0.487. The number of hydrogen-bond acceptors (Lipinski definition) is 5. The summed E-state index contributed by atoms with van der Waals surface area (Å²) in [6, 6.07) is 5.01. The Labute approximate surface area is 125 Å². The number of ether oxygens (including phenoxy) is 3. The summed E-state index contributed by atoms with van der Waals surface area (Å²) < 4.78 is 15.4. The molecule has 0 aliphatic rings. The maximum absolute atomic E-state index is 12.0. The van der Waals surface area contributed by atoms with E-state index in [-0.39, 0.29) is 12.5 Å². The van der Waals surface area contributed by atoms with Crippen LogP contribution in [0.1, 0.15) is 23.7 Å². The molecular weight excluding hydrogens is 274 g/mol. The van der Waals surface area contributed by atoms with Crippen LogP contribution >= 0.6 is 0 Å². The number of methoxy groups -OCH3 is 2. The van der Waals surface area contributed by atoms with Crippen LogP contribution in [0.25, 0.3) is 0 Å². The lowest BCUT2D eigenvalue weighted by Gasteiger charge is -2.12. The first-order valence-electron chi connectivity index (χ1n) is 6.88. The molecule has 118 valence electrons. The fourth-order valence-electron chi connectivity index (χ4n) is 1.82. The molecule has 6 heteroatoms. The van der Waals surface area contributed by atoms with E-state index in [0.29, 0.717) is 36.6 Å². The van der Waals surface area contributed by atoms with Crippen molar-refractivity contribution >= 4 is 5.91 Å². The third kappa shape index (κ3) is 5.61. The van der Waals surface area contributed by atoms with Gasteiger partial charge in [0.25, 0.3) is 5.91 Å². The van der Waals surface area contributed by atoms with Crippen molar-refractivity contribution < 1.29 is 24.1 Å². The first-order chi connectivity index (χ1) is 10.1. The van der Waals surface area contributed by atoms with Crippen LogP contribution in [-0.2, 0) is 4.74 Å². The molecule has 1 atom stereocenters. The number of amides is 1. The van der Waals surface area contributed by atoms with Gasteiger partial charge in [-0.05, 0) is 31.5 Å². The van der Waals surface area contributed by atoms with E-state index in [9.17, 15) is 9.90 Å². The summed E-state index contributed by atoms with van der Waals surface area (Å²) in [5, 5.41) is 12.2. The average molecular weight is 297 g/mol. The van der Waals surface area contributed by atoms with Gasteiger partial charge in [0.1, 0.15) is 0 Å². The van der Waals surface area contributed by atoms with Gasteiger partial charge in [-0.25, -0.2) is 0 Å². The Morgan fingerprint density at radius 3 is 2.71 bits per heavy atom. The Morgan fingerprint density at radius 2 is 2.10 bits per heavy atom. The molecule has 0 radical (unpaired) electrons. The second kappa shape index (κ2) is 9.20. The summed E-state index contributed by atoms with van der Waals surface area (Å²) in [6.07, 6.45) is -0.140. The van der Waals surface area contributed by atoms with Crippen LogP contribution in [-0.4, -0.2) is 51.1 Å². The van der Waals surface area contributed by atoms with Crippen LogP contribution in [0, 0.1) is 0 Å². The van der Waals surface area contributed by atoms with E-state index in [0.717, 1.165) is 0 Å². The van der Waals surface area contributed by atoms with Gasteiger partial charge >= 0.3 is 0 Å². The van der Waals surface area contributed by atoms with E-state index in [1.165, 1.54) is 7.11 Å². The van der Waals surface area contributed by atoms with Crippen LogP contribution in [0.3, 0.4) is 0 Å². The molecule has 1 amide bonds. The van der Waals surface area contributed by atoms with Gasteiger partial charge in [0.15, 0.2) is 11.5 Å². The lowest BCUT2D eigenvalue weighted by molar-refractivity contribution is 0.0587. The standard InChI is InChI=1S/C15H23NO5/c1-4-21-14-9-11(5-6-13(14)20-3)15(18)16-8-7-12(17)10-19-2/h5-6,9,12,17H,4,7-8,10H2,1-3H3,(H,16,18). The highest BCUT2D eigenvalue weighted by atomic mass is 16.5. The van der Waals surface area contributed by atoms with E-state index < -0.39 is 6.10 Å². The van der Waals surface area contributed by atoms with E-state index in [4.69, 9.17) is 14.2 Å². The Hall–Kier alpha value is -1.79. The molecule has 0 aromatic heterocycles. The Bertz CT molecular complexity index is 450. The van der Waals surface area contributed by atoms with Gasteiger partial charge in [0.05, 0.1) is 26.4 Å². The van der Waals surface area contributed by atoms with Gasteiger partial charge in [-0.2, -0.15) is 0 Å². The zero-order valence-corrected chi connectivity index (χ0v) is 12.7. The molecule has 1 unspecified atom stereocenters. The van der Waals surface area contributed by atoms with Crippen molar-refractivity contribution in [3.63, 3.8) is 0 Å². The lowest BCUT2D eigenvalue weighted by Crippen LogP contribution is -2.28. The summed E-state index contributed by atoms with van der Waals surface area (Å²) in [5.74, 6) is 0.902. The highest BCUT2D eigenvalue weighted by Crippen LogP contribution is 2.27. The highest BCUT2D eigenvalue weighted by Gasteiger charge is 2.11. The summed E-state index contributed by atoms with van der Waals surface area (Å²) >= 11 is 0. The Balaban J connectivity index is 2.59. The van der Waals surface area contributed by atoms with E-state index >= 15 is 0 Å². The maximum atomic E-state index is 12.0. The Morgan fingerprint density at radius 1 is 1.33 bits per heavy atom. The second-order valence-corrected chi connectivity index (χ2v) is 4.45. The van der Waals surface area contributed by atoms with Crippen molar-refractivity contribution in [1.29, 1.82) is 0 Å². The van der Waals surface area contributed by atoms with Gasteiger partial charge in [-0.1, -0.05) is 0 Å². The van der Waals surface area contributed by atoms with E-state index in [1.54, 1.807) is 25.3 Å². The SMILES string of the molecule is CCOc1cc(C(=O)NCCC(O)COC)ccc1OC. The zero-order valence-electron chi connectivity index (χ0n) is 12.7. The summed E-state index contributed by atoms with van der Waals surface area (Å²) in [4.78, 5) is 12.0. The van der Waals surface area contributed by atoms with Gasteiger partial charge in [-0.3, -0.25) is 4.79 Å². The largest absolute Gasteiger partial charge is 0.493 e. The third-order valence-electron chi connectivity index (χ3n) is 2.85. The van der Waals surface area contributed by atoms with Crippen molar-refractivity contribution in [2.45, 2.75) is 19.4 Å². The molecule has 0 aliphatic carbocycles. The molecule has 1 aromatic rings. The second-order valence-electron chi connectivity index (χ2n) is 4.45. The smallest absolute Gasteiger partial charge is 0.251 e. The van der Waals surface area contributed by atoms with Crippen molar-refractivity contribution in [1.82, 2.24) is 5.32 Å². The average Bonchev–Trinajstić information content (AvgIpc) is 2.47. The van der Waals surface area contributed by atoms with Crippen molar-refractivity contribution in [2.24, 2.45) is 0 Å². The lowest BCUT2D eigenvalue weighted by atomic mass is 10.2. The molecule has 0 heterocycles. The molecule has 0 saturated heterocycles. The predicted molar refractivity (Wildman–Crippen MR) is 79.0 cm³/mol. The number of benzene rings is 1. The third-order valence-corrected chi connectivity index (χ3v) is 2.85. The number of aliphatic hydroxyl groups excluding tert-OH is 1. The number of aliphatic hydroxyl groups is 1. The molecule has 1 rings (SSSR count). The molecule has 0 bridgehead atoms. The minimum atomic E-state index is -0.579. The molecule has 0 aliphatic heterocycles. The summed E-state index contributed by atoms with van der Waals surface area (Å²) in [7, 11) is 3.07. The van der Waals surface area contributed by atoms with Gasteiger partial charge in [0.2, 0.25) is 0 Å². The predicted octanol–water partition coefficient (Wildman–Crippen LogP) is 1.22. The monoisotopic (exact) mass is 297 g/mol. The fraction of sp³-hybridized carbons (Fsp3) is 0.533. The van der Waals surface area contributed by atoms with Crippen LogP contribution in [0.5, 0.6) is 11.5 Å². The van der Waals surface area contributed by atoms with Crippen molar-refractivity contribution in [3.8, 4) is 11.5 Å². The van der Waals surface area contributed by atoms with Gasteiger partial charge < -0.3 is 24.6 Å². The van der Waals surface area contributed by atoms with Crippen LogP contribution < -0.4 is 14.8 Å². The highest BCUT2D eigenvalue weighted by molar-refractivity contribution is 5.94. The number of hydrogen-bond donors (Lipinski definition) is 2. The number of carbonyl (C=O) groups excluding carboxylic acids is 1. The molecule has 0 spiro atoms. The minimum Gasteiger partial charge on any atom is -0.493 e. The van der Waals surface area contributed by atoms with Gasteiger partial charge in [-0.15, -0.1) is 0 Å². The van der Waals surface area contributed by atoms with Crippen molar-refractivity contribution in [2.75, 3.05) is 34.0 Å². The number of carbonyl (C=O) groups is 1. The van der Waals surface area contributed by atoms with E-state index in [2.05, 4.69) is 5.32 Å². The van der Waals surface area contributed by atoms with Crippen LogP contribution in [0.4, 0.5) is 0 Å². The molecule has 6 nitrogen and oxygen atoms in total. The minimum absolute atomic E-state index is 0.219. The Kier molecular flexibility index (Phi) is 7.56. The molecular formula is C15H23NO5. The zero-order chi connectivity index (χ0) is 15.7. The first-order valence-corrected chi connectivity index (χ1v) is 6.88. The number of nitrogens with one attached hydrogen (secondary N) is 1. The molecule has 0 fully saturated rings. The van der Waals surface area contributed by atoms with Crippen LogP contribution in [0.15, 0.2) is 18.2 Å². The van der Waals surface area contributed by atoms with Crippen molar-refractivity contribution in [3.05, 3.63) is 23.8 Å². The molecule has 21 heavy (non-hydrogen) atoms. The van der Waals surface area contributed by atoms with Gasteiger partial charge in [0, 0.05) is 19.2 Å². The summed E-state index contributed by atoms with van der Waals surface area (Å²) in [6.45, 7) is 2.99. The quantitative estimate of drug-likeness (QED) is 0.716. The topological polar surface area (TPSA) is 77.0 Å². The maximum Gasteiger partial charge on any atom is 0.251 e. The molecule has 1 aromatic carbocycles. The van der Waals surface area contributed by atoms with Crippen LogP contribution in [0.2, 0.25) is 0 Å². The molecule has 0 saturated carbocycles. The number of rotatable bonds is 9. The first kappa shape index (κ1) is 17.3.